The summed E-state index contributed by atoms with van der Waals surface area (Å²) in [5.74, 6) is -1.97. The predicted molar refractivity (Wildman–Crippen MR) is 50.3 cm³/mol. The molecule has 1 aliphatic rings. The molecular formula is C7H12N2O5S. The van der Waals surface area contributed by atoms with Crippen LogP contribution in [0.3, 0.4) is 0 Å². The number of carbonyl (C=O) groups is 2. The van der Waals surface area contributed by atoms with Crippen LogP contribution in [0, 0.1) is 0 Å². The fourth-order valence-corrected chi connectivity index (χ4v) is 2.75. The van der Waals surface area contributed by atoms with Crippen LogP contribution in [0.2, 0.25) is 0 Å². The second-order valence-electron chi connectivity index (χ2n) is 3.80. The number of hydrogen-bond acceptors (Lipinski definition) is 5. The van der Waals surface area contributed by atoms with Gasteiger partial charge in [-0.1, -0.05) is 0 Å². The summed E-state index contributed by atoms with van der Waals surface area (Å²) in [5.41, 5.74) is 5.14. The standard InChI is InChI=1S/C7H12N2O5S/c1-7(2)6(12)9(15(7,13)14)3-4(8)5(10)11/h4H,3,8H2,1-2H3,(H,10,11). The first-order valence-electron chi connectivity index (χ1n) is 4.17. The number of sulfonamides is 1. The van der Waals surface area contributed by atoms with Crippen LogP contribution < -0.4 is 5.73 Å². The summed E-state index contributed by atoms with van der Waals surface area (Å²) in [6.45, 7) is 2.03. The molecule has 0 saturated carbocycles. The van der Waals surface area contributed by atoms with Crippen molar-refractivity contribution in [3.05, 3.63) is 0 Å². The molecule has 1 heterocycles. The van der Waals surface area contributed by atoms with Crippen LogP contribution >= 0.6 is 0 Å². The number of amides is 1. The van der Waals surface area contributed by atoms with Gasteiger partial charge >= 0.3 is 5.97 Å². The van der Waals surface area contributed by atoms with Crippen molar-refractivity contribution < 1.29 is 23.1 Å². The maximum absolute atomic E-state index is 11.5. The maximum Gasteiger partial charge on any atom is 0.322 e. The molecule has 1 atom stereocenters. The summed E-state index contributed by atoms with van der Waals surface area (Å²) in [7, 11) is -3.74. The van der Waals surface area contributed by atoms with Gasteiger partial charge in [-0.25, -0.2) is 12.7 Å². The fourth-order valence-electron chi connectivity index (χ4n) is 1.19. The van der Waals surface area contributed by atoms with Gasteiger partial charge in [-0.3, -0.25) is 9.59 Å². The Hall–Kier alpha value is -1.15. The highest BCUT2D eigenvalue weighted by Crippen LogP contribution is 2.34. The molecule has 1 saturated heterocycles. The summed E-state index contributed by atoms with van der Waals surface area (Å²) in [5, 5.41) is 8.48. The van der Waals surface area contributed by atoms with E-state index >= 15 is 0 Å². The molecule has 8 heteroatoms. The van der Waals surface area contributed by atoms with E-state index in [9.17, 15) is 18.0 Å². The zero-order chi connectivity index (χ0) is 12.0. The Morgan fingerprint density at radius 3 is 2.40 bits per heavy atom. The van der Waals surface area contributed by atoms with Crippen molar-refractivity contribution in [1.82, 2.24) is 4.31 Å². The minimum Gasteiger partial charge on any atom is -0.480 e. The number of nitrogens with zero attached hydrogens (tertiary/aromatic N) is 1. The number of nitrogens with two attached hydrogens (primary N) is 1. The molecule has 0 bridgehead atoms. The monoisotopic (exact) mass is 236 g/mol. The molecule has 15 heavy (non-hydrogen) atoms. The molecule has 3 N–H and O–H groups in total. The third kappa shape index (κ3) is 1.49. The van der Waals surface area contributed by atoms with E-state index in [2.05, 4.69) is 0 Å². The van der Waals surface area contributed by atoms with E-state index in [0.29, 0.717) is 4.31 Å². The summed E-state index contributed by atoms with van der Waals surface area (Å²) >= 11 is 0. The topological polar surface area (TPSA) is 118 Å². The Morgan fingerprint density at radius 2 is 2.07 bits per heavy atom. The summed E-state index contributed by atoms with van der Waals surface area (Å²) in [6, 6.07) is -1.39. The highest BCUT2D eigenvalue weighted by Gasteiger charge is 2.60. The summed E-state index contributed by atoms with van der Waals surface area (Å²) in [4.78, 5) is 21.8. The van der Waals surface area contributed by atoms with Crippen molar-refractivity contribution in [3.63, 3.8) is 0 Å². The van der Waals surface area contributed by atoms with E-state index in [1.165, 1.54) is 13.8 Å². The lowest BCUT2D eigenvalue weighted by Crippen LogP contribution is -2.69. The smallest absolute Gasteiger partial charge is 0.322 e. The van der Waals surface area contributed by atoms with Crippen molar-refractivity contribution in [2.24, 2.45) is 5.73 Å². The molecule has 0 spiro atoms. The predicted octanol–water partition coefficient (Wildman–Crippen LogP) is -1.65. The van der Waals surface area contributed by atoms with Crippen LogP contribution in [0.4, 0.5) is 0 Å². The van der Waals surface area contributed by atoms with Crippen molar-refractivity contribution in [1.29, 1.82) is 0 Å². The molecule has 86 valence electrons. The molecular weight excluding hydrogens is 224 g/mol. The van der Waals surface area contributed by atoms with E-state index in [0.717, 1.165) is 0 Å². The van der Waals surface area contributed by atoms with Crippen LogP contribution in [0.15, 0.2) is 0 Å². The van der Waals surface area contributed by atoms with Gasteiger partial charge in [0, 0.05) is 0 Å². The lowest BCUT2D eigenvalue weighted by atomic mass is 10.1. The molecule has 1 unspecified atom stereocenters. The number of carboxylic acids is 1. The average Bonchev–Trinajstić information content (AvgIpc) is 2.11. The van der Waals surface area contributed by atoms with Crippen molar-refractivity contribution in [2.75, 3.05) is 6.54 Å². The van der Waals surface area contributed by atoms with E-state index in [1.54, 1.807) is 0 Å². The highest BCUT2D eigenvalue weighted by molar-refractivity contribution is 7.94. The van der Waals surface area contributed by atoms with Crippen molar-refractivity contribution >= 4 is 21.9 Å². The number of carbonyl (C=O) groups excluding carboxylic acids is 1. The van der Waals surface area contributed by atoms with Crippen LogP contribution in [-0.4, -0.2) is 47.0 Å². The zero-order valence-electron chi connectivity index (χ0n) is 8.30. The minimum absolute atomic E-state index is 0.506. The zero-order valence-corrected chi connectivity index (χ0v) is 9.11. The number of hydrogen-bond donors (Lipinski definition) is 2. The van der Waals surface area contributed by atoms with Crippen LogP contribution in [-0.2, 0) is 19.6 Å². The lowest BCUT2D eigenvalue weighted by molar-refractivity contribution is -0.139. The second kappa shape index (κ2) is 3.17. The number of carboxylic acid groups (broad SMARTS) is 1. The number of rotatable bonds is 3. The van der Waals surface area contributed by atoms with Crippen LogP contribution in [0.5, 0.6) is 0 Å². The van der Waals surface area contributed by atoms with Gasteiger partial charge in [0.1, 0.15) is 6.04 Å². The Morgan fingerprint density at radius 1 is 1.60 bits per heavy atom. The first kappa shape index (κ1) is 11.9. The molecule has 0 aromatic rings. The van der Waals surface area contributed by atoms with Gasteiger partial charge < -0.3 is 10.8 Å². The first-order chi connectivity index (χ1) is 6.62. The molecule has 1 amide bonds. The molecule has 0 radical (unpaired) electrons. The van der Waals surface area contributed by atoms with Crippen molar-refractivity contribution in [2.45, 2.75) is 24.6 Å². The fraction of sp³-hybridized carbons (Fsp3) is 0.714. The van der Waals surface area contributed by atoms with Gasteiger partial charge in [0.15, 0.2) is 4.75 Å². The maximum atomic E-state index is 11.5. The lowest BCUT2D eigenvalue weighted by Gasteiger charge is -2.43. The normalized spacial score (nSPS) is 24.5. The second-order valence-corrected chi connectivity index (χ2v) is 6.21. The first-order valence-corrected chi connectivity index (χ1v) is 5.61. The number of aliphatic carboxylic acids is 1. The van der Waals surface area contributed by atoms with Gasteiger partial charge in [-0.15, -0.1) is 0 Å². The molecule has 0 aromatic carbocycles. The Kier molecular flexibility index (Phi) is 2.52. The van der Waals surface area contributed by atoms with Crippen LogP contribution in [0.1, 0.15) is 13.8 Å². The van der Waals surface area contributed by atoms with Gasteiger partial charge in [-0.2, -0.15) is 0 Å². The van der Waals surface area contributed by atoms with E-state index < -0.39 is 39.2 Å². The van der Waals surface area contributed by atoms with Crippen molar-refractivity contribution in [3.8, 4) is 0 Å². The quantitative estimate of drug-likeness (QED) is 0.606. The Bertz CT molecular complexity index is 413. The molecule has 1 aliphatic heterocycles. The van der Waals surface area contributed by atoms with Gasteiger partial charge in [-0.05, 0) is 13.8 Å². The molecule has 1 rings (SSSR count). The summed E-state index contributed by atoms with van der Waals surface area (Å²) in [6.07, 6.45) is 0. The third-order valence-corrected chi connectivity index (χ3v) is 4.72. The molecule has 0 aromatic heterocycles. The minimum atomic E-state index is -3.74. The Labute approximate surface area is 86.9 Å². The largest absolute Gasteiger partial charge is 0.480 e. The van der Waals surface area contributed by atoms with E-state index in [1.807, 2.05) is 0 Å². The van der Waals surface area contributed by atoms with Crippen LogP contribution in [0.25, 0.3) is 0 Å². The third-order valence-electron chi connectivity index (χ3n) is 2.36. The summed E-state index contributed by atoms with van der Waals surface area (Å²) < 4.78 is 22.0. The van der Waals surface area contributed by atoms with Gasteiger partial charge in [0.25, 0.3) is 15.9 Å². The van der Waals surface area contributed by atoms with E-state index in [4.69, 9.17) is 10.8 Å². The highest BCUT2D eigenvalue weighted by atomic mass is 32.2. The SMILES string of the molecule is CC1(C)C(=O)N(CC(N)C(=O)O)S1(=O)=O. The molecule has 1 fully saturated rings. The van der Waals surface area contributed by atoms with Gasteiger partial charge in [0.05, 0.1) is 6.54 Å². The molecule has 7 nitrogen and oxygen atoms in total. The molecule has 0 aliphatic carbocycles. The van der Waals surface area contributed by atoms with Gasteiger partial charge in [0.2, 0.25) is 0 Å². The average molecular weight is 236 g/mol. The van der Waals surface area contributed by atoms with E-state index in [-0.39, 0.29) is 0 Å². The Balaban J connectivity index is 2.85.